The van der Waals surface area contributed by atoms with Crippen molar-refractivity contribution in [2.24, 2.45) is 0 Å². The van der Waals surface area contributed by atoms with Crippen LogP contribution in [0.3, 0.4) is 0 Å². The number of sulfonamides is 1. The Labute approximate surface area is 165 Å². The van der Waals surface area contributed by atoms with Crippen LogP contribution in [0.25, 0.3) is 33.4 Å². The van der Waals surface area contributed by atoms with E-state index >= 15 is 0 Å². The SMILES string of the molecule is O=C(O)CNS(=O)(=O)c1ccccc1-c1c2ccc(=O)cc-2oc2ccccc12. The molecular weight excluding hydrogens is 394 g/mol. The van der Waals surface area contributed by atoms with Gasteiger partial charge >= 0.3 is 5.97 Å². The molecule has 2 aromatic rings. The first kappa shape index (κ1) is 18.9. The summed E-state index contributed by atoms with van der Waals surface area (Å²) in [5, 5.41) is 9.52. The highest BCUT2D eigenvalue weighted by Gasteiger charge is 2.24. The summed E-state index contributed by atoms with van der Waals surface area (Å²) in [5.41, 5.74) is 1.79. The van der Waals surface area contributed by atoms with Crippen LogP contribution in [-0.2, 0) is 14.8 Å². The second-order valence-electron chi connectivity index (χ2n) is 6.35. The summed E-state index contributed by atoms with van der Waals surface area (Å²) in [7, 11) is -4.10. The van der Waals surface area contributed by atoms with E-state index in [1.807, 2.05) is 0 Å². The van der Waals surface area contributed by atoms with Gasteiger partial charge in [-0.05, 0) is 24.3 Å². The fourth-order valence-corrected chi connectivity index (χ4v) is 4.44. The minimum Gasteiger partial charge on any atom is -0.480 e. The first-order chi connectivity index (χ1) is 13.9. The lowest BCUT2D eigenvalue weighted by molar-refractivity contribution is -0.135. The molecule has 1 heterocycles. The first-order valence-electron chi connectivity index (χ1n) is 8.63. The van der Waals surface area contributed by atoms with E-state index in [9.17, 15) is 18.0 Å². The molecule has 4 rings (SSSR count). The predicted molar refractivity (Wildman–Crippen MR) is 107 cm³/mol. The van der Waals surface area contributed by atoms with Crippen molar-refractivity contribution in [2.75, 3.05) is 6.54 Å². The summed E-state index contributed by atoms with van der Waals surface area (Å²) >= 11 is 0. The average Bonchev–Trinajstić information content (AvgIpc) is 2.70. The smallest absolute Gasteiger partial charge is 0.318 e. The fraction of sp³-hybridized carbons (Fsp3) is 0.0476. The third-order valence-corrected chi connectivity index (χ3v) is 5.92. The van der Waals surface area contributed by atoms with Gasteiger partial charge in [0.15, 0.2) is 5.43 Å². The van der Waals surface area contributed by atoms with Crippen LogP contribution in [-0.4, -0.2) is 26.0 Å². The van der Waals surface area contributed by atoms with Crippen LogP contribution < -0.4 is 10.2 Å². The van der Waals surface area contributed by atoms with Crippen molar-refractivity contribution in [3.8, 4) is 22.5 Å². The minimum absolute atomic E-state index is 0.0647. The Balaban J connectivity index is 2.06. The maximum absolute atomic E-state index is 12.8. The van der Waals surface area contributed by atoms with Gasteiger partial charge in [-0.15, -0.1) is 0 Å². The van der Waals surface area contributed by atoms with Crippen LogP contribution in [0.4, 0.5) is 0 Å². The summed E-state index contributed by atoms with van der Waals surface area (Å²) < 4.78 is 33.6. The molecule has 2 N–H and O–H groups in total. The van der Waals surface area contributed by atoms with Gasteiger partial charge in [0, 0.05) is 28.1 Å². The molecule has 2 aromatic carbocycles. The van der Waals surface area contributed by atoms with E-state index in [4.69, 9.17) is 9.52 Å². The number of para-hydroxylation sites is 1. The number of hydrogen-bond donors (Lipinski definition) is 2. The third-order valence-electron chi connectivity index (χ3n) is 4.46. The molecule has 1 aliphatic heterocycles. The molecule has 2 aliphatic rings. The molecule has 0 saturated carbocycles. The number of benzene rings is 3. The molecule has 0 unspecified atom stereocenters. The third kappa shape index (κ3) is 3.51. The maximum Gasteiger partial charge on any atom is 0.318 e. The van der Waals surface area contributed by atoms with Crippen LogP contribution in [0.5, 0.6) is 0 Å². The summed E-state index contributed by atoms with van der Waals surface area (Å²) in [4.78, 5) is 22.6. The number of carbonyl (C=O) groups is 1. The highest BCUT2D eigenvalue weighted by Crippen LogP contribution is 2.41. The first-order valence-corrected chi connectivity index (χ1v) is 10.1. The van der Waals surface area contributed by atoms with E-state index < -0.39 is 22.5 Å². The van der Waals surface area contributed by atoms with E-state index in [1.54, 1.807) is 48.5 Å². The van der Waals surface area contributed by atoms with E-state index in [2.05, 4.69) is 4.72 Å². The Bertz CT molecular complexity index is 1370. The zero-order valence-corrected chi connectivity index (χ0v) is 15.8. The number of carboxylic acid groups (broad SMARTS) is 1. The molecule has 1 aliphatic carbocycles. The second-order valence-corrected chi connectivity index (χ2v) is 8.08. The Kier molecular flexibility index (Phi) is 4.65. The van der Waals surface area contributed by atoms with Crippen molar-refractivity contribution in [2.45, 2.75) is 4.90 Å². The van der Waals surface area contributed by atoms with Gasteiger partial charge < -0.3 is 9.52 Å². The lowest BCUT2D eigenvalue weighted by Gasteiger charge is -2.17. The molecule has 0 amide bonds. The van der Waals surface area contributed by atoms with Gasteiger partial charge in [-0.1, -0.05) is 36.4 Å². The monoisotopic (exact) mass is 409 g/mol. The molecular formula is C21H15NO6S. The molecule has 146 valence electrons. The zero-order chi connectivity index (χ0) is 20.6. The van der Waals surface area contributed by atoms with E-state index in [1.165, 1.54) is 18.2 Å². The van der Waals surface area contributed by atoms with Crippen molar-refractivity contribution < 1.29 is 22.7 Å². The van der Waals surface area contributed by atoms with Gasteiger partial charge in [0.05, 0.1) is 4.90 Å². The number of fused-ring (bicyclic) bond motifs is 2. The van der Waals surface area contributed by atoms with Crippen molar-refractivity contribution in [3.05, 3.63) is 77.0 Å². The van der Waals surface area contributed by atoms with Crippen molar-refractivity contribution in [1.29, 1.82) is 0 Å². The summed E-state index contributed by atoms with van der Waals surface area (Å²) in [6, 6.07) is 17.7. The molecule has 8 heteroatoms. The molecule has 0 radical (unpaired) electrons. The highest BCUT2D eigenvalue weighted by molar-refractivity contribution is 7.89. The van der Waals surface area contributed by atoms with Crippen molar-refractivity contribution >= 4 is 27.0 Å². The standard InChI is InChI=1S/C21H15NO6S/c23-13-9-10-15-18(11-13)28-17-7-3-1-5-14(17)21(15)16-6-2-4-8-19(16)29(26,27)22-12-20(24)25/h1-11,22H,12H2,(H,24,25). The van der Waals surface area contributed by atoms with Gasteiger partial charge in [-0.2, -0.15) is 4.72 Å². The Morgan fingerprint density at radius 2 is 1.69 bits per heavy atom. The average molecular weight is 409 g/mol. The number of nitrogens with one attached hydrogen (secondary N) is 1. The van der Waals surface area contributed by atoms with E-state index in [-0.39, 0.29) is 10.3 Å². The Morgan fingerprint density at radius 1 is 0.966 bits per heavy atom. The van der Waals surface area contributed by atoms with Crippen LogP contribution >= 0.6 is 0 Å². The van der Waals surface area contributed by atoms with Crippen molar-refractivity contribution in [1.82, 2.24) is 4.72 Å². The molecule has 0 bridgehead atoms. The topological polar surface area (TPSA) is 114 Å². The predicted octanol–water partition coefficient (Wildman–Crippen LogP) is 2.93. The Morgan fingerprint density at radius 3 is 2.48 bits per heavy atom. The molecule has 0 spiro atoms. The lowest BCUT2D eigenvalue weighted by Crippen LogP contribution is -2.29. The molecule has 7 nitrogen and oxygen atoms in total. The molecule has 0 aromatic heterocycles. The van der Waals surface area contributed by atoms with E-state index in [0.717, 1.165) is 0 Å². The summed E-state index contributed by atoms with van der Waals surface area (Å²) in [6.07, 6.45) is 0. The van der Waals surface area contributed by atoms with Gasteiger partial charge in [0.25, 0.3) is 0 Å². The zero-order valence-electron chi connectivity index (χ0n) is 15.0. The highest BCUT2D eigenvalue weighted by atomic mass is 32.2. The van der Waals surface area contributed by atoms with Gasteiger partial charge in [-0.3, -0.25) is 9.59 Å². The summed E-state index contributed by atoms with van der Waals surface area (Å²) in [6.45, 7) is -0.734. The van der Waals surface area contributed by atoms with Crippen molar-refractivity contribution in [3.63, 3.8) is 0 Å². The van der Waals surface area contributed by atoms with Crippen LogP contribution in [0, 0.1) is 0 Å². The number of aliphatic carboxylic acids is 1. The largest absolute Gasteiger partial charge is 0.480 e. The van der Waals surface area contributed by atoms with Gasteiger partial charge in [0.2, 0.25) is 10.0 Å². The minimum atomic E-state index is -4.10. The number of carboxylic acids is 1. The molecule has 0 atom stereocenters. The molecule has 0 fully saturated rings. The number of hydrogen-bond acceptors (Lipinski definition) is 5. The Hall–Kier alpha value is -3.49. The molecule has 0 saturated heterocycles. The fourth-order valence-electron chi connectivity index (χ4n) is 3.25. The summed E-state index contributed by atoms with van der Waals surface area (Å²) in [5.74, 6) is -0.958. The number of rotatable bonds is 5. The quantitative estimate of drug-likeness (QED) is 0.490. The molecule has 29 heavy (non-hydrogen) atoms. The van der Waals surface area contributed by atoms with Crippen LogP contribution in [0.1, 0.15) is 0 Å². The van der Waals surface area contributed by atoms with E-state index in [0.29, 0.717) is 33.4 Å². The lowest BCUT2D eigenvalue weighted by atomic mass is 9.94. The van der Waals surface area contributed by atoms with Crippen LogP contribution in [0.2, 0.25) is 0 Å². The second kappa shape index (κ2) is 7.16. The van der Waals surface area contributed by atoms with Crippen LogP contribution in [0.15, 0.2) is 80.8 Å². The normalized spacial score (nSPS) is 11.7. The van der Waals surface area contributed by atoms with Gasteiger partial charge in [0.1, 0.15) is 17.9 Å². The maximum atomic E-state index is 12.8. The van der Waals surface area contributed by atoms with Gasteiger partial charge in [-0.25, -0.2) is 8.42 Å².